The Morgan fingerprint density at radius 3 is 2.56 bits per heavy atom. The van der Waals surface area contributed by atoms with Gasteiger partial charge in [0.1, 0.15) is 24.2 Å². The summed E-state index contributed by atoms with van der Waals surface area (Å²) in [5, 5.41) is 15.5. The number of hydrogen-bond donors (Lipinski definition) is 1. The molecular weight excluding hydrogens is 505 g/mol. The van der Waals surface area contributed by atoms with Crippen molar-refractivity contribution in [2.45, 2.75) is 51.2 Å². The first-order valence-corrected chi connectivity index (χ1v) is 13.5. The molecule has 0 spiro atoms. The van der Waals surface area contributed by atoms with Gasteiger partial charge in [-0.2, -0.15) is 4.80 Å². The van der Waals surface area contributed by atoms with E-state index in [0.717, 1.165) is 38.8 Å². The number of nitrogens with zero attached hydrogens (tertiary/aromatic N) is 6. The molecule has 1 N–H and O–H groups in total. The van der Waals surface area contributed by atoms with Crippen LogP contribution in [-0.4, -0.2) is 87.3 Å². The second-order valence-corrected chi connectivity index (χ2v) is 10.0. The smallest absolute Gasteiger partial charge is 0.247 e. The number of halogens is 1. The van der Waals surface area contributed by atoms with Crippen molar-refractivity contribution >= 4 is 11.8 Å². The average Bonchev–Trinajstić information content (AvgIpc) is 3.71. The summed E-state index contributed by atoms with van der Waals surface area (Å²) in [4.78, 5) is 32.5. The molecule has 2 amide bonds. The van der Waals surface area contributed by atoms with Crippen LogP contribution in [0.4, 0.5) is 4.39 Å². The Morgan fingerprint density at radius 2 is 1.87 bits per heavy atom. The van der Waals surface area contributed by atoms with Gasteiger partial charge in [0.25, 0.3) is 0 Å². The number of nitrogens with one attached hydrogen (secondary N) is 1. The van der Waals surface area contributed by atoms with Crippen molar-refractivity contribution in [2.75, 3.05) is 39.4 Å². The number of tetrazole rings is 1. The molecule has 2 aliphatic rings. The summed E-state index contributed by atoms with van der Waals surface area (Å²) in [6.45, 7) is 5.18. The van der Waals surface area contributed by atoms with Crippen LogP contribution in [0.2, 0.25) is 0 Å². The molecule has 2 aromatic heterocycles. The molecule has 1 aliphatic carbocycles. The molecule has 3 heterocycles. The molecule has 3 aromatic rings. The van der Waals surface area contributed by atoms with Crippen molar-refractivity contribution in [2.24, 2.45) is 0 Å². The summed E-state index contributed by atoms with van der Waals surface area (Å²) in [6, 6.07) is 8.42. The highest BCUT2D eigenvalue weighted by molar-refractivity contribution is 5.89. The third-order valence-corrected chi connectivity index (χ3v) is 7.22. The normalized spacial score (nSPS) is 17.3. The molecule has 1 atom stereocenters. The topological polar surface area (TPSA) is 119 Å². The van der Waals surface area contributed by atoms with E-state index in [1.54, 1.807) is 29.2 Å². The molecule has 39 heavy (non-hydrogen) atoms. The van der Waals surface area contributed by atoms with Crippen molar-refractivity contribution in [1.29, 1.82) is 0 Å². The Kier molecular flexibility index (Phi) is 8.62. The van der Waals surface area contributed by atoms with Gasteiger partial charge in [0.05, 0.1) is 13.2 Å². The van der Waals surface area contributed by atoms with Crippen LogP contribution in [0.5, 0.6) is 0 Å². The fraction of sp³-hybridized carbons (Fsp3) is 0.519. The number of carbonyl (C=O) groups is 2. The lowest BCUT2D eigenvalue weighted by Gasteiger charge is -2.35. The lowest BCUT2D eigenvalue weighted by atomic mass is 10.0. The first-order chi connectivity index (χ1) is 19.0. The predicted molar refractivity (Wildman–Crippen MR) is 139 cm³/mol. The van der Waals surface area contributed by atoms with E-state index >= 15 is 0 Å². The highest BCUT2D eigenvalue weighted by atomic mass is 19.1. The van der Waals surface area contributed by atoms with Gasteiger partial charge in [-0.25, -0.2) is 4.39 Å². The molecule has 1 aliphatic heterocycles. The molecule has 11 nitrogen and oxygen atoms in total. The van der Waals surface area contributed by atoms with Crippen molar-refractivity contribution in [1.82, 2.24) is 35.3 Å². The fourth-order valence-electron chi connectivity index (χ4n) is 5.12. The highest BCUT2D eigenvalue weighted by Crippen LogP contribution is 2.25. The van der Waals surface area contributed by atoms with Gasteiger partial charge in [-0.1, -0.05) is 25.0 Å². The minimum atomic E-state index is -0.935. The number of ether oxygens (including phenoxy) is 1. The Labute approximate surface area is 226 Å². The molecular formula is C27H34FN7O4. The van der Waals surface area contributed by atoms with E-state index in [0.29, 0.717) is 36.8 Å². The van der Waals surface area contributed by atoms with Crippen LogP contribution in [0, 0.1) is 12.7 Å². The minimum absolute atomic E-state index is 0.0629. The van der Waals surface area contributed by atoms with E-state index in [-0.39, 0.29) is 36.8 Å². The molecule has 1 saturated carbocycles. The molecule has 0 bridgehead atoms. The van der Waals surface area contributed by atoms with E-state index in [9.17, 15) is 14.0 Å². The van der Waals surface area contributed by atoms with E-state index in [4.69, 9.17) is 9.15 Å². The monoisotopic (exact) mass is 539 g/mol. The summed E-state index contributed by atoms with van der Waals surface area (Å²) >= 11 is 0. The number of aromatic nitrogens is 4. The van der Waals surface area contributed by atoms with Crippen molar-refractivity contribution in [3.05, 3.63) is 53.5 Å². The molecule has 208 valence electrons. The maximum absolute atomic E-state index is 13.8. The first-order valence-electron chi connectivity index (χ1n) is 13.5. The Hall–Kier alpha value is -3.64. The second kappa shape index (κ2) is 12.5. The van der Waals surface area contributed by atoms with E-state index in [1.165, 1.54) is 16.9 Å². The van der Waals surface area contributed by atoms with Crippen molar-refractivity contribution in [3.63, 3.8) is 0 Å². The molecule has 12 heteroatoms. The van der Waals surface area contributed by atoms with Gasteiger partial charge in [-0.3, -0.25) is 14.5 Å². The number of aryl methyl sites for hydroxylation is 1. The highest BCUT2D eigenvalue weighted by Gasteiger charge is 2.34. The van der Waals surface area contributed by atoms with Gasteiger partial charge in [-0.05, 0) is 54.8 Å². The number of rotatable bonds is 10. The van der Waals surface area contributed by atoms with E-state index < -0.39 is 11.9 Å². The zero-order valence-corrected chi connectivity index (χ0v) is 22.1. The van der Waals surface area contributed by atoms with Crippen LogP contribution in [0.1, 0.15) is 43.0 Å². The van der Waals surface area contributed by atoms with Gasteiger partial charge in [0, 0.05) is 32.2 Å². The summed E-state index contributed by atoms with van der Waals surface area (Å²) in [7, 11) is 0. The number of furan rings is 1. The summed E-state index contributed by atoms with van der Waals surface area (Å²) < 4.78 is 24.9. The van der Waals surface area contributed by atoms with Crippen LogP contribution in [0.3, 0.4) is 0 Å². The van der Waals surface area contributed by atoms with Gasteiger partial charge in [0.15, 0.2) is 5.76 Å². The Bertz CT molecular complexity index is 1250. The largest absolute Gasteiger partial charge is 0.458 e. The zero-order valence-electron chi connectivity index (χ0n) is 22.1. The van der Waals surface area contributed by atoms with Gasteiger partial charge >= 0.3 is 0 Å². The minimum Gasteiger partial charge on any atom is -0.458 e. The molecule has 0 unspecified atom stereocenters. The summed E-state index contributed by atoms with van der Waals surface area (Å²) in [5.41, 5.74) is 0.542. The van der Waals surface area contributed by atoms with Crippen LogP contribution in [0.25, 0.3) is 11.6 Å². The van der Waals surface area contributed by atoms with Gasteiger partial charge in [0.2, 0.25) is 17.6 Å². The zero-order chi connectivity index (χ0) is 27.2. The van der Waals surface area contributed by atoms with Crippen molar-refractivity contribution < 1.29 is 23.1 Å². The first kappa shape index (κ1) is 26.9. The maximum Gasteiger partial charge on any atom is 0.247 e. The SMILES string of the molecule is Cc1ccc(-c2nnn(CC(=O)N(CCN3CCOCC3)[C@@H](C(=O)NC3CCCC3)c3ccc(F)cc3)n2)o1. The van der Waals surface area contributed by atoms with Crippen LogP contribution in [0.15, 0.2) is 40.8 Å². The molecule has 1 saturated heterocycles. The van der Waals surface area contributed by atoms with Crippen molar-refractivity contribution in [3.8, 4) is 11.6 Å². The number of amides is 2. The van der Waals surface area contributed by atoms with Crippen LogP contribution in [-0.2, 0) is 20.9 Å². The molecule has 5 rings (SSSR count). The van der Waals surface area contributed by atoms with Crippen LogP contribution < -0.4 is 5.32 Å². The number of morpholine rings is 1. The van der Waals surface area contributed by atoms with Crippen LogP contribution >= 0.6 is 0 Å². The van der Waals surface area contributed by atoms with E-state index in [2.05, 4.69) is 25.6 Å². The van der Waals surface area contributed by atoms with E-state index in [1.807, 2.05) is 6.92 Å². The quantitative estimate of drug-likeness (QED) is 0.417. The number of carbonyl (C=O) groups excluding carboxylic acids is 2. The lowest BCUT2D eigenvalue weighted by Crippen LogP contribution is -2.50. The van der Waals surface area contributed by atoms with Gasteiger partial charge < -0.3 is 19.4 Å². The molecule has 1 aromatic carbocycles. The Balaban J connectivity index is 1.40. The molecule has 2 fully saturated rings. The lowest BCUT2D eigenvalue weighted by molar-refractivity contribution is -0.142. The summed E-state index contributed by atoms with van der Waals surface area (Å²) in [5.74, 6) is 0.399. The standard InChI is InChI=1S/C27H34FN7O4/c1-19-6-11-23(39-19)26-30-32-35(31-26)18-24(36)34(13-12-33-14-16-38-17-15-33)25(20-7-9-21(28)10-8-20)27(37)29-22-4-2-3-5-22/h6-11,22,25H,2-5,12-18H2,1H3,(H,29,37)/t25-/m1/s1. The Morgan fingerprint density at radius 1 is 1.13 bits per heavy atom. The predicted octanol–water partition coefficient (Wildman–Crippen LogP) is 2.34. The second-order valence-electron chi connectivity index (χ2n) is 10.0. The summed E-state index contributed by atoms with van der Waals surface area (Å²) in [6.07, 6.45) is 3.92. The fourth-order valence-corrected chi connectivity index (χ4v) is 5.12. The molecule has 0 radical (unpaired) electrons. The van der Waals surface area contributed by atoms with Gasteiger partial charge in [-0.15, -0.1) is 10.2 Å². The number of hydrogen-bond acceptors (Lipinski definition) is 8. The third kappa shape index (κ3) is 6.87. The average molecular weight is 540 g/mol. The third-order valence-electron chi connectivity index (χ3n) is 7.22. The number of benzene rings is 1. The maximum atomic E-state index is 13.8.